The van der Waals surface area contributed by atoms with Gasteiger partial charge in [0, 0.05) is 0 Å². The van der Waals surface area contributed by atoms with E-state index in [1.165, 1.54) is 24.9 Å². The Morgan fingerprint density at radius 2 is 2.05 bits per heavy atom. The van der Waals surface area contributed by atoms with E-state index in [1.807, 2.05) is 6.92 Å². The van der Waals surface area contributed by atoms with Crippen molar-refractivity contribution in [2.75, 3.05) is 25.7 Å². The highest BCUT2D eigenvalue weighted by molar-refractivity contribution is 7.99. The van der Waals surface area contributed by atoms with Crippen molar-refractivity contribution >= 4 is 29.6 Å². The first kappa shape index (κ1) is 16.3. The van der Waals surface area contributed by atoms with E-state index in [0.29, 0.717) is 5.75 Å². The largest absolute Gasteiger partial charge is 0.497 e. The van der Waals surface area contributed by atoms with Crippen LogP contribution in [0.5, 0.6) is 5.75 Å². The van der Waals surface area contributed by atoms with E-state index in [1.54, 1.807) is 31.4 Å². The van der Waals surface area contributed by atoms with Gasteiger partial charge in [-0.05, 0) is 29.5 Å². The van der Waals surface area contributed by atoms with Crippen LogP contribution in [0.3, 0.4) is 0 Å². The van der Waals surface area contributed by atoms with Crippen molar-refractivity contribution in [3.05, 3.63) is 35.4 Å². The fraction of sp³-hybridized carbons (Fsp3) is 0.333. The summed E-state index contributed by atoms with van der Waals surface area (Å²) >= 11 is 1.47. The maximum Gasteiger partial charge on any atom is 0.341 e. The standard InChI is InChI=1S/C15H18O4S/c1-4-20-10-14(16)13(15(17)19-3)9-11-6-5-7-12(8-11)18-2/h5-9H,4,10H2,1-3H3. The molecule has 1 aromatic carbocycles. The Balaban J connectivity index is 3.05. The first-order valence-electron chi connectivity index (χ1n) is 6.17. The van der Waals surface area contributed by atoms with Crippen molar-refractivity contribution < 1.29 is 19.1 Å². The molecule has 0 radical (unpaired) electrons. The monoisotopic (exact) mass is 294 g/mol. The number of esters is 1. The van der Waals surface area contributed by atoms with Crippen LogP contribution >= 0.6 is 11.8 Å². The molecule has 4 nitrogen and oxygen atoms in total. The van der Waals surface area contributed by atoms with Crippen molar-refractivity contribution in [3.8, 4) is 5.75 Å². The number of thioether (sulfide) groups is 1. The third kappa shape index (κ3) is 4.74. The van der Waals surface area contributed by atoms with Gasteiger partial charge >= 0.3 is 5.97 Å². The molecule has 0 saturated heterocycles. The van der Waals surface area contributed by atoms with Gasteiger partial charge in [0.15, 0.2) is 5.78 Å². The van der Waals surface area contributed by atoms with E-state index in [-0.39, 0.29) is 17.1 Å². The minimum atomic E-state index is -0.616. The van der Waals surface area contributed by atoms with Gasteiger partial charge in [0.25, 0.3) is 0 Å². The molecule has 0 aliphatic rings. The summed E-state index contributed by atoms with van der Waals surface area (Å²) in [5.74, 6) is 0.903. The first-order chi connectivity index (χ1) is 9.62. The Morgan fingerprint density at radius 1 is 1.30 bits per heavy atom. The average molecular weight is 294 g/mol. The van der Waals surface area contributed by atoms with Crippen molar-refractivity contribution in [1.82, 2.24) is 0 Å². The van der Waals surface area contributed by atoms with E-state index in [4.69, 9.17) is 4.74 Å². The molecule has 0 spiro atoms. The third-order valence-electron chi connectivity index (χ3n) is 2.55. The molecule has 0 aliphatic carbocycles. The third-order valence-corrected chi connectivity index (χ3v) is 3.42. The van der Waals surface area contributed by atoms with Gasteiger partial charge in [0.1, 0.15) is 11.3 Å². The first-order valence-corrected chi connectivity index (χ1v) is 7.32. The van der Waals surface area contributed by atoms with Crippen molar-refractivity contribution in [3.63, 3.8) is 0 Å². The van der Waals surface area contributed by atoms with Crippen LogP contribution in [0.4, 0.5) is 0 Å². The molecule has 0 amide bonds. The molecule has 20 heavy (non-hydrogen) atoms. The zero-order valence-corrected chi connectivity index (χ0v) is 12.7. The smallest absolute Gasteiger partial charge is 0.341 e. The van der Waals surface area contributed by atoms with Gasteiger partial charge in [-0.1, -0.05) is 19.1 Å². The normalized spacial score (nSPS) is 11.1. The zero-order chi connectivity index (χ0) is 15.0. The van der Waals surface area contributed by atoms with E-state index in [0.717, 1.165) is 11.3 Å². The van der Waals surface area contributed by atoms with Gasteiger partial charge in [-0.25, -0.2) is 4.79 Å². The molecular weight excluding hydrogens is 276 g/mol. The Kier molecular flexibility index (Phi) is 6.87. The molecular formula is C15H18O4S. The summed E-state index contributed by atoms with van der Waals surface area (Å²) in [6.07, 6.45) is 1.53. The second-order valence-electron chi connectivity index (χ2n) is 3.89. The van der Waals surface area contributed by atoms with Gasteiger partial charge in [-0.3, -0.25) is 4.79 Å². The van der Waals surface area contributed by atoms with Crippen molar-refractivity contribution in [2.45, 2.75) is 6.92 Å². The van der Waals surface area contributed by atoms with Gasteiger partial charge in [-0.15, -0.1) is 0 Å². The summed E-state index contributed by atoms with van der Waals surface area (Å²) in [7, 11) is 2.83. The lowest BCUT2D eigenvalue weighted by atomic mass is 10.1. The number of methoxy groups -OCH3 is 2. The van der Waals surface area contributed by atoms with Crippen molar-refractivity contribution in [1.29, 1.82) is 0 Å². The number of Topliss-reactive ketones (excluding diaryl/α,β-unsaturated/α-hetero) is 1. The molecule has 0 N–H and O–H groups in total. The molecule has 0 fully saturated rings. The zero-order valence-electron chi connectivity index (χ0n) is 11.8. The van der Waals surface area contributed by atoms with Crippen LogP contribution in [-0.2, 0) is 14.3 Å². The number of hydrogen-bond acceptors (Lipinski definition) is 5. The fourth-order valence-corrected chi connectivity index (χ4v) is 2.08. The molecule has 0 unspecified atom stereocenters. The van der Waals surface area contributed by atoms with Gasteiger partial charge < -0.3 is 9.47 Å². The average Bonchev–Trinajstić information content (AvgIpc) is 2.49. The summed E-state index contributed by atoms with van der Waals surface area (Å²) in [4.78, 5) is 23.8. The summed E-state index contributed by atoms with van der Waals surface area (Å²) in [6, 6.07) is 7.14. The number of hydrogen-bond donors (Lipinski definition) is 0. The Bertz CT molecular complexity index is 508. The molecule has 1 aromatic rings. The lowest BCUT2D eigenvalue weighted by Crippen LogP contribution is -2.16. The SMILES string of the molecule is CCSCC(=O)C(=Cc1cccc(OC)c1)C(=O)OC. The maximum absolute atomic E-state index is 12.0. The molecule has 0 aliphatic heterocycles. The minimum absolute atomic E-state index is 0.0571. The molecule has 0 saturated carbocycles. The topological polar surface area (TPSA) is 52.6 Å². The summed E-state index contributed by atoms with van der Waals surface area (Å²) in [6.45, 7) is 1.96. The van der Waals surface area contributed by atoms with Crippen LogP contribution < -0.4 is 4.74 Å². The fourth-order valence-electron chi connectivity index (χ4n) is 1.53. The quantitative estimate of drug-likeness (QED) is 0.335. The van der Waals surface area contributed by atoms with Crippen molar-refractivity contribution in [2.24, 2.45) is 0 Å². The van der Waals surface area contributed by atoms with Crippen LogP contribution in [-0.4, -0.2) is 37.5 Å². The molecule has 108 valence electrons. The number of rotatable bonds is 7. The molecule has 0 aromatic heterocycles. The van der Waals surface area contributed by atoms with E-state index in [9.17, 15) is 9.59 Å². The Labute approximate surface area is 123 Å². The highest BCUT2D eigenvalue weighted by Crippen LogP contribution is 2.17. The van der Waals surface area contributed by atoms with Gasteiger partial charge in [0.05, 0.1) is 20.0 Å². The second-order valence-corrected chi connectivity index (χ2v) is 5.16. The highest BCUT2D eigenvalue weighted by Gasteiger charge is 2.18. The Hall–Kier alpha value is -1.75. The van der Waals surface area contributed by atoms with Crippen LogP contribution in [0.1, 0.15) is 12.5 Å². The number of benzene rings is 1. The summed E-state index contributed by atoms with van der Waals surface area (Å²) in [5.41, 5.74) is 0.779. The molecule has 5 heteroatoms. The molecule has 0 bridgehead atoms. The lowest BCUT2D eigenvalue weighted by Gasteiger charge is -2.05. The van der Waals surface area contributed by atoms with E-state index >= 15 is 0 Å². The van der Waals surface area contributed by atoms with Crippen LogP contribution in [0.25, 0.3) is 6.08 Å². The molecule has 1 rings (SSSR count). The van der Waals surface area contributed by atoms with Gasteiger partial charge in [-0.2, -0.15) is 11.8 Å². The Morgan fingerprint density at radius 3 is 2.65 bits per heavy atom. The van der Waals surface area contributed by atoms with E-state index in [2.05, 4.69) is 4.74 Å². The summed E-state index contributed by atoms with van der Waals surface area (Å²) in [5, 5.41) is 0. The molecule has 0 atom stereocenters. The summed E-state index contributed by atoms with van der Waals surface area (Å²) < 4.78 is 9.79. The predicted octanol–water partition coefficient (Wildman–Crippen LogP) is 2.57. The van der Waals surface area contributed by atoms with Gasteiger partial charge in [0.2, 0.25) is 0 Å². The number of carbonyl (C=O) groups excluding carboxylic acids is 2. The maximum atomic E-state index is 12.0. The minimum Gasteiger partial charge on any atom is -0.497 e. The lowest BCUT2D eigenvalue weighted by molar-refractivity contribution is -0.137. The highest BCUT2D eigenvalue weighted by atomic mass is 32.2. The van der Waals surface area contributed by atoms with Crippen LogP contribution in [0.2, 0.25) is 0 Å². The molecule has 0 heterocycles. The second kappa shape index (κ2) is 8.43. The van der Waals surface area contributed by atoms with Crippen LogP contribution in [0, 0.1) is 0 Å². The van der Waals surface area contributed by atoms with Crippen LogP contribution in [0.15, 0.2) is 29.8 Å². The predicted molar refractivity (Wildman–Crippen MR) is 81.0 cm³/mol. The number of ether oxygens (including phenoxy) is 2. The van der Waals surface area contributed by atoms with E-state index < -0.39 is 5.97 Å². The number of carbonyl (C=O) groups is 2. The number of ketones is 1.